The number of hydrogen-bond acceptors (Lipinski definition) is 2. The Balaban J connectivity index is 2.80. The molecular formula is C12H9ClOS. The number of fused-ring (bicyclic) bond motifs is 1. The lowest BCUT2D eigenvalue weighted by atomic mass is 10.1. The van der Waals surface area contributed by atoms with Crippen molar-refractivity contribution in [2.24, 2.45) is 0 Å². The Morgan fingerprint density at radius 3 is 2.73 bits per heavy atom. The van der Waals surface area contributed by atoms with Gasteiger partial charge in [0, 0.05) is 15.5 Å². The van der Waals surface area contributed by atoms with Crippen LogP contribution in [0.3, 0.4) is 0 Å². The number of rotatable bonds is 2. The predicted molar refractivity (Wildman–Crippen MR) is 66.1 cm³/mol. The van der Waals surface area contributed by atoms with Gasteiger partial charge in [-0.15, -0.1) is 11.8 Å². The second-order valence-corrected chi connectivity index (χ2v) is 4.49. The van der Waals surface area contributed by atoms with Crippen LogP contribution in [0.1, 0.15) is 10.4 Å². The van der Waals surface area contributed by atoms with E-state index in [9.17, 15) is 4.79 Å². The van der Waals surface area contributed by atoms with Crippen LogP contribution in [0.5, 0.6) is 0 Å². The predicted octanol–water partition coefficient (Wildman–Crippen LogP) is 4.03. The van der Waals surface area contributed by atoms with Crippen molar-refractivity contribution in [2.75, 3.05) is 6.26 Å². The van der Waals surface area contributed by atoms with Crippen molar-refractivity contribution in [3.63, 3.8) is 0 Å². The quantitative estimate of drug-likeness (QED) is 0.579. The fraction of sp³-hybridized carbons (Fsp3) is 0.0833. The van der Waals surface area contributed by atoms with Crippen molar-refractivity contribution >= 4 is 40.4 Å². The van der Waals surface area contributed by atoms with Crippen LogP contribution in [0.25, 0.3) is 10.8 Å². The molecule has 3 heteroatoms. The smallest absolute Gasteiger partial charge is 0.150 e. The zero-order chi connectivity index (χ0) is 10.8. The second kappa shape index (κ2) is 4.25. The highest BCUT2D eigenvalue weighted by Gasteiger charge is 2.03. The Morgan fingerprint density at radius 1 is 1.27 bits per heavy atom. The van der Waals surface area contributed by atoms with Gasteiger partial charge in [-0.25, -0.2) is 0 Å². The normalized spacial score (nSPS) is 10.5. The standard InChI is InChI=1S/C12H9ClOS/c1-15-12-5-8(7-14)4-9-2-3-10(13)6-11(9)12/h2-7H,1H3. The summed E-state index contributed by atoms with van der Waals surface area (Å²) in [6.07, 6.45) is 2.86. The van der Waals surface area contributed by atoms with Crippen LogP contribution >= 0.6 is 23.4 Å². The number of halogens is 1. The van der Waals surface area contributed by atoms with Crippen molar-refractivity contribution in [1.29, 1.82) is 0 Å². The van der Waals surface area contributed by atoms with E-state index in [0.29, 0.717) is 5.56 Å². The molecule has 1 nitrogen and oxygen atoms in total. The highest BCUT2D eigenvalue weighted by atomic mass is 35.5. The number of hydrogen-bond donors (Lipinski definition) is 0. The van der Waals surface area contributed by atoms with E-state index in [4.69, 9.17) is 11.6 Å². The SMILES string of the molecule is CSc1cc(C=O)cc2ccc(Cl)cc12. The van der Waals surface area contributed by atoms with Gasteiger partial charge in [-0.05, 0) is 41.3 Å². The van der Waals surface area contributed by atoms with Crippen LogP contribution in [0.15, 0.2) is 35.2 Å². The number of carbonyl (C=O) groups is 1. The summed E-state index contributed by atoms with van der Waals surface area (Å²) >= 11 is 7.56. The summed E-state index contributed by atoms with van der Waals surface area (Å²) in [6.45, 7) is 0. The van der Waals surface area contributed by atoms with E-state index < -0.39 is 0 Å². The average Bonchev–Trinajstić information content (AvgIpc) is 2.27. The third kappa shape index (κ3) is 2.01. The number of benzene rings is 2. The summed E-state index contributed by atoms with van der Waals surface area (Å²) in [7, 11) is 0. The first-order valence-electron chi connectivity index (χ1n) is 4.47. The Labute approximate surface area is 97.4 Å². The largest absolute Gasteiger partial charge is 0.298 e. The molecule has 0 aliphatic carbocycles. The van der Waals surface area contributed by atoms with E-state index >= 15 is 0 Å². The maximum Gasteiger partial charge on any atom is 0.150 e. The first-order valence-corrected chi connectivity index (χ1v) is 6.07. The van der Waals surface area contributed by atoms with Gasteiger partial charge in [0.15, 0.2) is 0 Å². The number of aldehydes is 1. The van der Waals surface area contributed by atoms with Crippen LogP contribution in [-0.2, 0) is 0 Å². The van der Waals surface area contributed by atoms with E-state index in [-0.39, 0.29) is 0 Å². The lowest BCUT2D eigenvalue weighted by Gasteiger charge is -2.05. The zero-order valence-electron chi connectivity index (χ0n) is 8.16. The minimum atomic E-state index is 0.703. The Bertz CT molecular complexity index is 522. The molecule has 2 rings (SSSR count). The lowest BCUT2D eigenvalue weighted by Crippen LogP contribution is -1.84. The molecule has 0 atom stereocenters. The van der Waals surface area contributed by atoms with Crippen molar-refractivity contribution in [2.45, 2.75) is 4.90 Å². The molecule has 2 aromatic rings. The number of carbonyl (C=O) groups excluding carboxylic acids is 1. The van der Waals surface area contributed by atoms with Crippen molar-refractivity contribution in [3.05, 3.63) is 40.9 Å². The van der Waals surface area contributed by atoms with Gasteiger partial charge in [-0.1, -0.05) is 17.7 Å². The molecular weight excluding hydrogens is 228 g/mol. The van der Waals surface area contributed by atoms with Gasteiger partial charge in [0.2, 0.25) is 0 Å². The summed E-state index contributed by atoms with van der Waals surface area (Å²) in [6, 6.07) is 9.46. The van der Waals surface area contributed by atoms with Gasteiger partial charge in [-0.3, -0.25) is 4.79 Å². The number of thioether (sulfide) groups is 1. The van der Waals surface area contributed by atoms with E-state index in [2.05, 4.69) is 0 Å². The molecule has 0 saturated carbocycles. The first-order chi connectivity index (χ1) is 7.24. The van der Waals surface area contributed by atoms with Gasteiger partial charge >= 0.3 is 0 Å². The minimum absolute atomic E-state index is 0.703. The molecule has 0 spiro atoms. The molecule has 0 aromatic heterocycles. The van der Waals surface area contributed by atoms with Crippen molar-refractivity contribution in [3.8, 4) is 0 Å². The first kappa shape index (κ1) is 10.5. The summed E-state index contributed by atoms with van der Waals surface area (Å²) in [5, 5.41) is 2.87. The summed E-state index contributed by atoms with van der Waals surface area (Å²) in [5.74, 6) is 0. The zero-order valence-corrected chi connectivity index (χ0v) is 9.73. The fourth-order valence-electron chi connectivity index (χ4n) is 1.56. The van der Waals surface area contributed by atoms with Gasteiger partial charge < -0.3 is 0 Å². The van der Waals surface area contributed by atoms with Crippen LogP contribution in [0, 0.1) is 0 Å². The average molecular weight is 237 g/mol. The van der Waals surface area contributed by atoms with Gasteiger partial charge in [-0.2, -0.15) is 0 Å². The molecule has 76 valence electrons. The molecule has 0 unspecified atom stereocenters. The highest BCUT2D eigenvalue weighted by Crippen LogP contribution is 2.29. The molecule has 2 aromatic carbocycles. The monoisotopic (exact) mass is 236 g/mol. The summed E-state index contributed by atoms with van der Waals surface area (Å²) in [4.78, 5) is 11.8. The molecule has 0 fully saturated rings. The fourth-order valence-corrected chi connectivity index (χ4v) is 2.38. The van der Waals surface area contributed by atoms with E-state index in [1.165, 1.54) is 0 Å². The molecule has 0 aliphatic rings. The lowest BCUT2D eigenvalue weighted by molar-refractivity contribution is 0.112. The van der Waals surface area contributed by atoms with E-state index in [1.807, 2.05) is 36.6 Å². The third-order valence-electron chi connectivity index (χ3n) is 2.26. The van der Waals surface area contributed by atoms with Crippen molar-refractivity contribution in [1.82, 2.24) is 0 Å². The molecule has 0 bridgehead atoms. The van der Waals surface area contributed by atoms with Crippen LogP contribution in [0.2, 0.25) is 5.02 Å². The molecule has 0 aliphatic heterocycles. The second-order valence-electron chi connectivity index (χ2n) is 3.21. The topological polar surface area (TPSA) is 17.1 Å². The third-order valence-corrected chi connectivity index (χ3v) is 3.27. The highest BCUT2D eigenvalue weighted by molar-refractivity contribution is 7.98. The van der Waals surface area contributed by atoms with Crippen LogP contribution in [0.4, 0.5) is 0 Å². The minimum Gasteiger partial charge on any atom is -0.298 e. The van der Waals surface area contributed by atoms with Gasteiger partial charge in [0.05, 0.1) is 0 Å². The Kier molecular flexibility index (Phi) is 2.98. The van der Waals surface area contributed by atoms with Gasteiger partial charge in [0.1, 0.15) is 6.29 Å². The maximum atomic E-state index is 10.7. The molecule has 15 heavy (non-hydrogen) atoms. The summed E-state index contributed by atoms with van der Waals surface area (Å²) in [5.41, 5.74) is 0.703. The van der Waals surface area contributed by atoms with Crippen molar-refractivity contribution < 1.29 is 4.79 Å². The molecule has 0 radical (unpaired) electrons. The maximum absolute atomic E-state index is 10.7. The molecule has 0 amide bonds. The van der Waals surface area contributed by atoms with Crippen LogP contribution in [-0.4, -0.2) is 12.5 Å². The van der Waals surface area contributed by atoms with E-state index in [0.717, 1.165) is 27.0 Å². The van der Waals surface area contributed by atoms with Gasteiger partial charge in [0.25, 0.3) is 0 Å². The molecule has 0 N–H and O–H groups in total. The Hall–Kier alpha value is -0.990. The summed E-state index contributed by atoms with van der Waals surface area (Å²) < 4.78 is 0. The molecule has 0 heterocycles. The Morgan fingerprint density at radius 2 is 2.07 bits per heavy atom. The molecule has 0 saturated heterocycles. The van der Waals surface area contributed by atoms with Crippen LogP contribution < -0.4 is 0 Å². The van der Waals surface area contributed by atoms with E-state index in [1.54, 1.807) is 11.8 Å².